The van der Waals surface area contributed by atoms with E-state index < -0.39 is 0 Å². The average molecular weight is 243 g/mol. The fraction of sp³-hybridized carbons (Fsp3) is 1.00. The Hall–Kier alpha value is -0.120. The number of ether oxygens (including phenoxy) is 2. The predicted octanol–water partition coefficient (Wildman–Crippen LogP) is 2.55. The smallest absolute Gasteiger partial charge is 0.0678 e. The van der Waals surface area contributed by atoms with Crippen LogP contribution in [0.25, 0.3) is 0 Å². The van der Waals surface area contributed by atoms with Crippen LogP contribution in [0.2, 0.25) is 0 Å². The lowest BCUT2D eigenvalue weighted by molar-refractivity contribution is -0.0785. The first-order chi connectivity index (χ1) is 7.76. The molecule has 0 aromatic carbocycles. The van der Waals surface area contributed by atoms with Gasteiger partial charge in [0.1, 0.15) is 0 Å². The van der Waals surface area contributed by atoms with E-state index in [1.54, 1.807) is 0 Å². The molecule has 0 aromatic rings. The molecule has 1 aliphatic rings. The van der Waals surface area contributed by atoms with Gasteiger partial charge in [0.2, 0.25) is 0 Å². The highest BCUT2D eigenvalue weighted by Gasteiger charge is 2.23. The third-order valence-electron chi connectivity index (χ3n) is 2.87. The molecular weight excluding hydrogens is 214 g/mol. The van der Waals surface area contributed by atoms with E-state index in [0.717, 1.165) is 26.2 Å². The van der Waals surface area contributed by atoms with Crippen molar-refractivity contribution in [2.75, 3.05) is 26.2 Å². The standard InChI is InChI=1S/C14H29NO2/c1-11(10-16-14(4,5)6)7-15-8-12(2)17-13(3)9-15/h11-13H,7-10H2,1-6H3/t11-,12-,13+/m1/s1. The summed E-state index contributed by atoms with van der Waals surface area (Å²) >= 11 is 0. The van der Waals surface area contributed by atoms with Crippen molar-refractivity contribution in [3.05, 3.63) is 0 Å². The van der Waals surface area contributed by atoms with Crippen LogP contribution in [-0.2, 0) is 9.47 Å². The molecule has 0 aromatic heterocycles. The third-order valence-corrected chi connectivity index (χ3v) is 2.87. The van der Waals surface area contributed by atoms with E-state index in [-0.39, 0.29) is 5.60 Å². The van der Waals surface area contributed by atoms with Crippen LogP contribution in [0.15, 0.2) is 0 Å². The van der Waals surface area contributed by atoms with Crippen molar-refractivity contribution in [2.45, 2.75) is 59.4 Å². The van der Waals surface area contributed by atoms with Crippen LogP contribution in [0, 0.1) is 5.92 Å². The molecule has 17 heavy (non-hydrogen) atoms. The van der Waals surface area contributed by atoms with Gasteiger partial charge in [0.15, 0.2) is 0 Å². The maximum Gasteiger partial charge on any atom is 0.0678 e. The first-order valence-electron chi connectivity index (χ1n) is 6.78. The van der Waals surface area contributed by atoms with Crippen molar-refractivity contribution in [3.8, 4) is 0 Å². The summed E-state index contributed by atoms with van der Waals surface area (Å²) in [6, 6.07) is 0. The highest BCUT2D eigenvalue weighted by Crippen LogP contribution is 2.14. The van der Waals surface area contributed by atoms with Gasteiger partial charge in [-0.2, -0.15) is 0 Å². The Kier molecular flexibility index (Phi) is 5.42. The van der Waals surface area contributed by atoms with Crippen LogP contribution < -0.4 is 0 Å². The number of morpholine rings is 1. The van der Waals surface area contributed by atoms with Crippen LogP contribution in [0.1, 0.15) is 41.5 Å². The topological polar surface area (TPSA) is 21.7 Å². The van der Waals surface area contributed by atoms with Gasteiger partial charge in [-0.1, -0.05) is 6.92 Å². The minimum Gasteiger partial charge on any atom is -0.376 e. The first kappa shape index (κ1) is 14.9. The number of nitrogens with zero attached hydrogens (tertiary/aromatic N) is 1. The molecule has 0 amide bonds. The summed E-state index contributed by atoms with van der Waals surface area (Å²) in [5.74, 6) is 0.576. The Morgan fingerprint density at radius 3 is 2.24 bits per heavy atom. The van der Waals surface area contributed by atoms with Gasteiger partial charge in [-0.3, -0.25) is 4.90 Å². The van der Waals surface area contributed by atoms with Gasteiger partial charge in [0, 0.05) is 19.6 Å². The summed E-state index contributed by atoms with van der Waals surface area (Å²) in [6.45, 7) is 16.9. The Bertz CT molecular complexity index is 215. The second-order valence-corrected chi connectivity index (χ2v) is 6.50. The third kappa shape index (κ3) is 6.39. The molecule has 0 unspecified atom stereocenters. The van der Waals surface area contributed by atoms with E-state index in [2.05, 4.69) is 46.4 Å². The second-order valence-electron chi connectivity index (χ2n) is 6.50. The lowest BCUT2D eigenvalue weighted by Gasteiger charge is -2.37. The van der Waals surface area contributed by atoms with E-state index in [1.807, 2.05) is 0 Å². The predicted molar refractivity (Wildman–Crippen MR) is 71.3 cm³/mol. The normalized spacial score (nSPS) is 29.3. The minimum atomic E-state index is -0.0279. The lowest BCUT2D eigenvalue weighted by atomic mass is 10.1. The second kappa shape index (κ2) is 6.17. The summed E-state index contributed by atoms with van der Waals surface area (Å²) in [7, 11) is 0. The molecule has 3 nitrogen and oxygen atoms in total. The number of hydrogen-bond donors (Lipinski definition) is 0. The number of hydrogen-bond acceptors (Lipinski definition) is 3. The Morgan fingerprint density at radius 2 is 1.76 bits per heavy atom. The first-order valence-corrected chi connectivity index (χ1v) is 6.78. The maximum absolute atomic E-state index is 5.83. The summed E-state index contributed by atoms with van der Waals surface area (Å²) in [6.07, 6.45) is 0.712. The van der Waals surface area contributed by atoms with E-state index in [1.165, 1.54) is 0 Å². The van der Waals surface area contributed by atoms with Gasteiger partial charge in [0.05, 0.1) is 24.4 Å². The molecule has 0 saturated carbocycles. The zero-order valence-corrected chi connectivity index (χ0v) is 12.3. The molecule has 3 atom stereocenters. The van der Waals surface area contributed by atoms with Gasteiger partial charge in [-0.15, -0.1) is 0 Å². The van der Waals surface area contributed by atoms with Crippen molar-refractivity contribution in [2.24, 2.45) is 5.92 Å². The van der Waals surface area contributed by atoms with Crippen molar-refractivity contribution in [1.29, 1.82) is 0 Å². The molecule has 0 bridgehead atoms. The van der Waals surface area contributed by atoms with Crippen LogP contribution in [0.4, 0.5) is 0 Å². The Labute approximate surface area is 106 Å². The number of rotatable bonds is 4. The Morgan fingerprint density at radius 1 is 1.24 bits per heavy atom. The zero-order valence-electron chi connectivity index (χ0n) is 12.3. The maximum atomic E-state index is 5.83. The average Bonchev–Trinajstić information content (AvgIpc) is 2.11. The molecule has 1 aliphatic heterocycles. The molecule has 3 heteroatoms. The van der Waals surface area contributed by atoms with Crippen molar-refractivity contribution in [3.63, 3.8) is 0 Å². The van der Waals surface area contributed by atoms with Gasteiger partial charge in [-0.25, -0.2) is 0 Å². The van der Waals surface area contributed by atoms with E-state index in [9.17, 15) is 0 Å². The van der Waals surface area contributed by atoms with Crippen molar-refractivity contribution in [1.82, 2.24) is 4.90 Å². The molecule has 1 heterocycles. The molecular formula is C14H29NO2. The lowest BCUT2D eigenvalue weighted by Crippen LogP contribution is -2.47. The summed E-state index contributed by atoms with van der Waals surface area (Å²) in [4.78, 5) is 2.50. The van der Waals surface area contributed by atoms with Gasteiger partial charge in [0.25, 0.3) is 0 Å². The van der Waals surface area contributed by atoms with Crippen molar-refractivity contribution < 1.29 is 9.47 Å². The largest absolute Gasteiger partial charge is 0.376 e. The van der Waals surface area contributed by atoms with E-state index in [0.29, 0.717) is 18.1 Å². The molecule has 1 saturated heterocycles. The monoisotopic (exact) mass is 243 g/mol. The molecule has 0 radical (unpaired) electrons. The van der Waals surface area contributed by atoms with E-state index >= 15 is 0 Å². The summed E-state index contributed by atoms with van der Waals surface area (Å²) in [5, 5.41) is 0. The fourth-order valence-corrected chi connectivity index (χ4v) is 2.32. The molecule has 1 rings (SSSR count). The molecule has 0 spiro atoms. The van der Waals surface area contributed by atoms with Gasteiger partial charge < -0.3 is 9.47 Å². The van der Waals surface area contributed by atoms with Crippen LogP contribution in [0.5, 0.6) is 0 Å². The van der Waals surface area contributed by atoms with Crippen LogP contribution in [-0.4, -0.2) is 49.0 Å². The minimum absolute atomic E-state index is 0.0279. The van der Waals surface area contributed by atoms with Crippen LogP contribution in [0.3, 0.4) is 0 Å². The summed E-state index contributed by atoms with van der Waals surface area (Å²) < 4.78 is 11.6. The van der Waals surface area contributed by atoms with E-state index in [4.69, 9.17) is 9.47 Å². The van der Waals surface area contributed by atoms with Gasteiger partial charge >= 0.3 is 0 Å². The van der Waals surface area contributed by atoms with Gasteiger partial charge in [-0.05, 0) is 40.5 Å². The molecule has 0 N–H and O–H groups in total. The molecule has 1 fully saturated rings. The summed E-state index contributed by atoms with van der Waals surface area (Å²) in [5.41, 5.74) is -0.0279. The molecule has 102 valence electrons. The van der Waals surface area contributed by atoms with Crippen LogP contribution >= 0.6 is 0 Å². The fourth-order valence-electron chi connectivity index (χ4n) is 2.32. The highest BCUT2D eigenvalue weighted by molar-refractivity contribution is 4.74. The molecule has 0 aliphatic carbocycles. The SMILES string of the molecule is C[C@@H](COC(C)(C)C)CN1C[C@@H](C)O[C@@H](C)C1. The zero-order chi connectivity index (χ0) is 13.1. The van der Waals surface area contributed by atoms with Crippen molar-refractivity contribution >= 4 is 0 Å². The quantitative estimate of drug-likeness (QED) is 0.757. The Balaban J connectivity index is 2.28. The highest BCUT2D eigenvalue weighted by atomic mass is 16.5.